The fraction of sp³-hybridized carbons (Fsp3) is 0.105. The van der Waals surface area contributed by atoms with Gasteiger partial charge in [0.15, 0.2) is 11.6 Å². The Morgan fingerprint density at radius 1 is 1.03 bits per heavy atom. The molecule has 0 saturated carbocycles. The van der Waals surface area contributed by atoms with Crippen LogP contribution in [0.25, 0.3) is 11.0 Å². The van der Waals surface area contributed by atoms with Crippen molar-refractivity contribution in [1.82, 2.24) is 19.7 Å². The van der Waals surface area contributed by atoms with Crippen LogP contribution in [0.2, 0.25) is 5.02 Å². The molecule has 2 N–H and O–H groups in total. The molecule has 4 aromatic rings. The maximum atomic E-state index is 12.8. The maximum absolute atomic E-state index is 12.8. The Hall–Kier alpha value is -3.17. The second-order valence-corrected chi connectivity index (χ2v) is 8.54. The van der Waals surface area contributed by atoms with Gasteiger partial charge in [0.05, 0.1) is 17.2 Å². The van der Waals surface area contributed by atoms with Crippen LogP contribution in [0.3, 0.4) is 0 Å². The van der Waals surface area contributed by atoms with Crippen LogP contribution in [0, 0.1) is 6.92 Å². The van der Waals surface area contributed by atoms with Crippen LogP contribution in [0.4, 0.5) is 17.3 Å². The molecule has 0 aliphatic rings. The minimum absolute atomic E-state index is 0.0271. The lowest BCUT2D eigenvalue weighted by molar-refractivity contribution is 0.601. The predicted molar refractivity (Wildman–Crippen MR) is 113 cm³/mol. The standard InChI is InChI=1S/C19H17ClN6O2S/c1-12-7-8-13(9-15(12)20)22-18-19(24-17-6-4-3-5-16(17)23-18)25-29(27,28)14-10-21-26(2)11-14/h3-11H,1-2H3,(H,22,23)(H,24,25). The third-order valence-corrected chi connectivity index (χ3v) is 5.93. The molecule has 0 saturated heterocycles. The largest absolute Gasteiger partial charge is 0.337 e. The van der Waals surface area contributed by atoms with E-state index in [1.54, 1.807) is 25.2 Å². The Bertz CT molecular complexity index is 1320. The lowest BCUT2D eigenvalue weighted by atomic mass is 10.2. The number of sulfonamides is 1. The van der Waals surface area contributed by atoms with Gasteiger partial charge in [-0.1, -0.05) is 29.8 Å². The van der Waals surface area contributed by atoms with Crippen molar-refractivity contribution in [2.45, 2.75) is 11.8 Å². The van der Waals surface area contributed by atoms with E-state index in [1.165, 1.54) is 17.1 Å². The molecule has 0 unspecified atom stereocenters. The fourth-order valence-electron chi connectivity index (χ4n) is 2.69. The lowest BCUT2D eigenvalue weighted by Gasteiger charge is -2.14. The minimum atomic E-state index is -3.89. The number of fused-ring (bicyclic) bond motifs is 1. The van der Waals surface area contributed by atoms with E-state index in [4.69, 9.17) is 11.6 Å². The normalized spacial score (nSPS) is 11.6. The molecule has 4 rings (SSSR count). The number of rotatable bonds is 5. The zero-order chi connectivity index (χ0) is 20.6. The van der Waals surface area contributed by atoms with Crippen molar-refractivity contribution in [2.24, 2.45) is 7.05 Å². The number of nitrogens with one attached hydrogen (secondary N) is 2. The fourth-order valence-corrected chi connectivity index (χ4v) is 3.86. The summed E-state index contributed by atoms with van der Waals surface area (Å²) in [7, 11) is -2.25. The number of halogens is 1. The molecule has 0 amide bonds. The number of anilines is 3. The highest BCUT2D eigenvalue weighted by Gasteiger charge is 2.20. The van der Waals surface area contributed by atoms with Crippen LogP contribution in [-0.2, 0) is 17.1 Å². The molecule has 0 bridgehead atoms. The van der Waals surface area contributed by atoms with Crippen LogP contribution in [0.5, 0.6) is 0 Å². The van der Waals surface area contributed by atoms with E-state index in [0.717, 1.165) is 5.56 Å². The van der Waals surface area contributed by atoms with Gasteiger partial charge in [-0.15, -0.1) is 0 Å². The van der Waals surface area contributed by atoms with Crippen LogP contribution < -0.4 is 10.0 Å². The molecule has 0 aliphatic carbocycles. The number of benzene rings is 2. The minimum Gasteiger partial charge on any atom is -0.337 e. The average Bonchev–Trinajstić information content (AvgIpc) is 3.12. The summed E-state index contributed by atoms with van der Waals surface area (Å²) >= 11 is 6.21. The van der Waals surface area contributed by atoms with Gasteiger partial charge < -0.3 is 5.32 Å². The van der Waals surface area contributed by atoms with Crippen molar-refractivity contribution in [3.8, 4) is 0 Å². The lowest BCUT2D eigenvalue weighted by Crippen LogP contribution is -2.15. The van der Waals surface area contributed by atoms with Crippen molar-refractivity contribution in [1.29, 1.82) is 0 Å². The van der Waals surface area contributed by atoms with Crippen molar-refractivity contribution >= 4 is 50.0 Å². The van der Waals surface area contributed by atoms with E-state index in [2.05, 4.69) is 25.1 Å². The zero-order valence-corrected chi connectivity index (χ0v) is 17.2. The van der Waals surface area contributed by atoms with Gasteiger partial charge in [-0.3, -0.25) is 9.40 Å². The molecule has 0 radical (unpaired) electrons. The zero-order valence-electron chi connectivity index (χ0n) is 15.6. The van der Waals surface area contributed by atoms with Crippen molar-refractivity contribution < 1.29 is 8.42 Å². The van der Waals surface area contributed by atoms with Crippen molar-refractivity contribution in [2.75, 3.05) is 10.0 Å². The quantitative estimate of drug-likeness (QED) is 0.500. The van der Waals surface area contributed by atoms with Gasteiger partial charge in [0.1, 0.15) is 4.90 Å². The Labute approximate surface area is 172 Å². The number of aromatic nitrogens is 4. The van der Waals surface area contributed by atoms with Crippen molar-refractivity contribution in [3.63, 3.8) is 0 Å². The molecular weight excluding hydrogens is 412 g/mol. The number of hydrogen-bond donors (Lipinski definition) is 2. The summed E-state index contributed by atoms with van der Waals surface area (Å²) < 4.78 is 29.5. The Kier molecular flexibility index (Phi) is 4.85. The topological polar surface area (TPSA) is 102 Å². The first-order valence-electron chi connectivity index (χ1n) is 8.63. The van der Waals surface area contributed by atoms with Crippen LogP contribution >= 0.6 is 11.6 Å². The van der Waals surface area contributed by atoms with E-state index in [-0.39, 0.29) is 16.5 Å². The molecule has 0 fully saturated rings. The molecule has 148 valence electrons. The third kappa shape index (κ3) is 4.01. The summed E-state index contributed by atoms with van der Waals surface area (Å²) in [5, 5.41) is 7.60. The van der Waals surface area contributed by atoms with Crippen LogP contribution in [0.15, 0.2) is 59.8 Å². The molecule has 2 aromatic carbocycles. The second kappa shape index (κ2) is 7.34. The summed E-state index contributed by atoms with van der Waals surface area (Å²) in [6.45, 7) is 1.90. The van der Waals surface area contributed by atoms with Gasteiger partial charge in [0.25, 0.3) is 10.0 Å². The van der Waals surface area contributed by atoms with Gasteiger partial charge in [0, 0.05) is 24.0 Å². The number of hydrogen-bond acceptors (Lipinski definition) is 6. The van der Waals surface area contributed by atoms with Gasteiger partial charge in [-0.05, 0) is 36.8 Å². The molecule has 8 nitrogen and oxygen atoms in total. The van der Waals surface area contributed by atoms with Crippen LogP contribution in [-0.4, -0.2) is 28.2 Å². The highest BCUT2D eigenvalue weighted by atomic mass is 35.5. The molecule has 2 aromatic heterocycles. The van der Waals surface area contributed by atoms with Gasteiger partial charge in [-0.25, -0.2) is 18.4 Å². The molecule has 2 heterocycles. The van der Waals surface area contributed by atoms with E-state index in [1.807, 2.05) is 31.2 Å². The molecule has 29 heavy (non-hydrogen) atoms. The summed E-state index contributed by atoms with van der Waals surface area (Å²) in [6.07, 6.45) is 2.67. The van der Waals surface area contributed by atoms with Gasteiger partial charge in [-0.2, -0.15) is 5.10 Å². The molecule has 0 aliphatic heterocycles. The Balaban J connectivity index is 1.78. The van der Waals surface area contributed by atoms with Gasteiger partial charge >= 0.3 is 0 Å². The van der Waals surface area contributed by atoms with Crippen LogP contribution in [0.1, 0.15) is 5.56 Å². The first-order chi connectivity index (χ1) is 13.8. The Morgan fingerprint density at radius 3 is 2.34 bits per heavy atom. The first-order valence-corrected chi connectivity index (χ1v) is 10.5. The van der Waals surface area contributed by atoms with Crippen molar-refractivity contribution in [3.05, 3.63) is 65.4 Å². The van der Waals surface area contributed by atoms with E-state index in [9.17, 15) is 8.42 Å². The molecule has 0 spiro atoms. The van der Waals surface area contributed by atoms with E-state index < -0.39 is 10.0 Å². The SMILES string of the molecule is Cc1ccc(Nc2nc3ccccc3nc2NS(=O)(=O)c2cnn(C)c2)cc1Cl. The highest BCUT2D eigenvalue weighted by Crippen LogP contribution is 2.28. The number of aryl methyl sites for hydroxylation is 2. The summed E-state index contributed by atoms with van der Waals surface area (Å²) in [6, 6.07) is 12.6. The molecular formula is C19H17ClN6O2S. The third-order valence-electron chi connectivity index (χ3n) is 4.23. The smallest absolute Gasteiger partial charge is 0.266 e. The Morgan fingerprint density at radius 2 is 1.72 bits per heavy atom. The summed E-state index contributed by atoms with van der Waals surface area (Å²) in [5.74, 6) is 0.334. The summed E-state index contributed by atoms with van der Waals surface area (Å²) in [5.41, 5.74) is 2.77. The highest BCUT2D eigenvalue weighted by molar-refractivity contribution is 7.92. The number of nitrogens with zero attached hydrogens (tertiary/aromatic N) is 4. The predicted octanol–water partition coefficient (Wildman–Crippen LogP) is 3.87. The summed E-state index contributed by atoms with van der Waals surface area (Å²) in [4.78, 5) is 9.02. The first kappa shape index (κ1) is 19.2. The van der Waals surface area contributed by atoms with E-state index >= 15 is 0 Å². The number of para-hydroxylation sites is 2. The monoisotopic (exact) mass is 428 g/mol. The maximum Gasteiger partial charge on any atom is 0.266 e. The van der Waals surface area contributed by atoms with Gasteiger partial charge in [0.2, 0.25) is 0 Å². The second-order valence-electron chi connectivity index (χ2n) is 6.45. The molecule has 0 atom stereocenters. The van der Waals surface area contributed by atoms with E-state index in [0.29, 0.717) is 21.7 Å². The molecule has 10 heteroatoms. The average molecular weight is 429 g/mol.